The Labute approximate surface area is 152 Å². The number of benzene rings is 4. The number of hydrogen-bond acceptors (Lipinski definition) is 2. The highest BCUT2D eigenvalue weighted by molar-refractivity contribution is 6.24. The van der Waals surface area contributed by atoms with Crippen LogP contribution in [0.5, 0.6) is 0 Å². The van der Waals surface area contributed by atoms with Crippen molar-refractivity contribution in [2.24, 2.45) is 0 Å². The molecule has 2 heteroatoms. The number of aryl methyl sites for hydroxylation is 4. The molecule has 0 bridgehead atoms. The number of fused-ring (bicyclic) bond motifs is 7. The molecule has 0 aliphatic rings. The quantitative estimate of drug-likeness (QED) is 0.244. The van der Waals surface area contributed by atoms with Gasteiger partial charge < -0.3 is 0 Å². The lowest BCUT2D eigenvalue weighted by molar-refractivity contribution is 1.32. The van der Waals surface area contributed by atoms with Crippen LogP contribution in [-0.2, 0) is 0 Å². The predicted octanol–water partition coefficient (Wildman–Crippen LogP) is 6.32. The Balaban J connectivity index is 2.11. The Morgan fingerprint density at radius 1 is 0.500 bits per heavy atom. The monoisotopic (exact) mass is 336 g/mol. The highest BCUT2D eigenvalue weighted by atomic mass is 14.8. The Morgan fingerprint density at radius 2 is 0.923 bits per heavy atom. The number of hydrogen-bond donors (Lipinski definition) is 0. The number of nitrogens with zero attached hydrogens (tertiary/aromatic N) is 2. The summed E-state index contributed by atoms with van der Waals surface area (Å²) in [6.07, 6.45) is 0. The lowest BCUT2D eigenvalue weighted by atomic mass is 9.96. The average Bonchev–Trinajstić information content (AvgIpc) is 2.61. The molecule has 0 unspecified atom stereocenters. The van der Waals surface area contributed by atoms with E-state index in [-0.39, 0.29) is 0 Å². The third kappa shape index (κ3) is 2.12. The van der Waals surface area contributed by atoms with Gasteiger partial charge in [-0.2, -0.15) is 0 Å². The van der Waals surface area contributed by atoms with Gasteiger partial charge in [-0.25, -0.2) is 9.97 Å². The zero-order valence-corrected chi connectivity index (χ0v) is 15.5. The first-order valence-electron chi connectivity index (χ1n) is 9.03. The Morgan fingerprint density at radius 3 is 1.35 bits per heavy atom. The molecule has 1 aromatic heterocycles. The van der Waals surface area contributed by atoms with Crippen molar-refractivity contribution in [2.45, 2.75) is 27.7 Å². The van der Waals surface area contributed by atoms with Crippen molar-refractivity contribution in [3.63, 3.8) is 0 Å². The highest BCUT2D eigenvalue weighted by Gasteiger charge is 2.13. The molecule has 0 fully saturated rings. The van der Waals surface area contributed by atoms with Crippen LogP contribution in [0.4, 0.5) is 0 Å². The third-order valence-electron chi connectivity index (χ3n) is 5.43. The molecule has 0 aliphatic carbocycles. The summed E-state index contributed by atoms with van der Waals surface area (Å²) in [5.41, 5.74) is 8.92. The van der Waals surface area contributed by atoms with E-state index in [2.05, 4.69) is 76.2 Å². The molecule has 0 spiro atoms. The molecule has 0 atom stereocenters. The summed E-state index contributed by atoms with van der Waals surface area (Å²) in [5.74, 6) is 0. The van der Waals surface area contributed by atoms with Crippen molar-refractivity contribution >= 4 is 43.6 Å². The number of aromatic nitrogens is 2. The van der Waals surface area contributed by atoms with Crippen LogP contribution in [0.3, 0.4) is 0 Å². The minimum atomic E-state index is 0.968. The Hall–Kier alpha value is -3.00. The maximum absolute atomic E-state index is 5.07. The van der Waals surface area contributed by atoms with E-state index in [4.69, 9.17) is 9.97 Å². The Kier molecular flexibility index (Phi) is 3.08. The van der Waals surface area contributed by atoms with Crippen LogP contribution >= 0.6 is 0 Å². The fourth-order valence-electron chi connectivity index (χ4n) is 3.86. The molecule has 0 amide bonds. The van der Waals surface area contributed by atoms with Gasteiger partial charge in [0.05, 0.1) is 22.1 Å². The van der Waals surface area contributed by atoms with Crippen LogP contribution < -0.4 is 0 Å². The van der Waals surface area contributed by atoms with Gasteiger partial charge in [0.15, 0.2) is 0 Å². The van der Waals surface area contributed by atoms with Crippen LogP contribution in [0.1, 0.15) is 22.3 Å². The van der Waals surface area contributed by atoms with E-state index in [1.807, 2.05) is 0 Å². The van der Waals surface area contributed by atoms with Crippen molar-refractivity contribution in [1.82, 2.24) is 9.97 Å². The van der Waals surface area contributed by atoms with E-state index in [9.17, 15) is 0 Å². The summed E-state index contributed by atoms with van der Waals surface area (Å²) >= 11 is 0. The summed E-state index contributed by atoms with van der Waals surface area (Å²) in [6, 6.07) is 17.6. The summed E-state index contributed by atoms with van der Waals surface area (Å²) in [5, 5.41) is 4.86. The van der Waals surface area contributed by atoms with Gasteiger partial charge >= 0.3 is 0 Å². The second-order valence-electron chi connectivity index (χ2n) is 7.44. The molecule has 4 aromatic carbocycles. The van der Waals surface area contributed by atoms with Crippen molar-refractivity contribution in [3.05, 3.63) is 70.8 Å². The van der Waals surface area contributed by atoms with E-state index < -0.39 is 0 Å². The molecule has 2 nitrogen and oxygen atoms in total. The van der Waals surface area contributed by atoms with Crippen LogP contribution in [0.25, 0.3) is 43.6 Å². The molecular formula is C24H20N2. The minimum absolute atomic E-state index is 0.968. The second-order valence-corrected chi connectivity index (χ2v) is 7.44. The van der Waals surface area contributed by atoms with E-state index >= 15 is 0 Å². The third-order valence-corrected chi connectivity index (χ3v) is 5.43. The Bertz CT molecular complexity index is 1260. The van der Waals surface area contributed by atoms with E-state index in [0.29, 0.717) is 0 Å². The minimum Gasteiger partial charge on any atom is -0.244 e. The maximum atomic E-state index is 5.07. The standard InChI is InChI=1S/C24H20N2/c1-13-5-7-17-18-8-6-14(2)10-20(18)24-23(19(17)9-13)25-21-11-15(3)16(4)12-22(21)26-24/h5-12H,1-4H3. The summed E-state index contributed by atoms with van der Waals surface area (Å²) in [7, 11) is 0. The first-order valence-corrected chi connectivity index (χ1v) is 9.03. The zero-order chi connectivity index (χ0) is 18.0. The van der Waals surface area contributed by atoms with Crippen LogP contribution in [0.15, 0.2) is 48.5 Å². The molecule has 5 aromatic rings. The zero-order valence-electron chi connectivity index (χ0n) is 15.5. The van der Waals surface area contributed by atoms with Gasteiger partial charge in [-0.05, 0) is 73.9 Å². The normalized spacial score (nSPS) is 11.8. The van der Waals surface area contributed by atoms with Gasteiger partial charge in [0.2, 0.25) is 0 Å². The molecule has 0 radical (unpaired) electrons. The van der Waals surface area contributed by atoms with E-state index in [1.165, 1.54) is 43.8 Å². The lowest BCUT2D eigenvalue weighted by Gasteiger charge is -2.12. The van der Waals surface area contributed by atoms with Gasteiger partial charge in [-0.3, -0.25) is 0 Å². The maximum Gasteiger partial charge on any atom is 0.0979 e. The van der Waals surface area contributed by atoms with Crippen molar-refractivity contribution in [1.29, 1.82) is 0 Å². The lowest BCUT2D eigenvalue weighted by Crippen LogP contribution is -1.94. The van der Waals surface area contributed by atoms with Gasteiger partial charge in [0, 0.05) is 10.8 Å². The average molecular weight is 336 g/mol. The molecule has 0 aliphatic heterocycles. The second kappa shape index (κ2) is 5.25. The van der Waals surface area contributed by atoms with Crippen LogP contribution in [0.2, 0.25) is 0 Å². The molecule has 0 saturated heterocycles. The molecule has 5 rings (SSSR count). The van der Waals surface area contributed by atoms with Gasteiger partial charge in [0.25, 0.3) is 0 Å². The molecule has 0 saturated carbocycles. The molecule has 26 heavy (non-hydrogen) atoms. The SMILES string of the molecule is Cc1ccc2c3ccc(C)cc3c3nc4cc(C)c(C)cc4nc3c2c1. The molecular weight excluding hydrogens is 316 g/mol. The first kappa shape index (κ1) is 15.3. The topological polar surface area (TPSA) is 25.8 Å². The van der Waals surface area contributed by atoms with Crippen molar-refractivity contribution < 1.29 is 0 Å². The number of rotatable bonds is 0. The summed E-state index contributed by atoms with van der Waals surface area (Å²) in [4.78, 5) is 10.1. The van der Waals surface area contributed by atoms with Gasteiger partial charge in [-0.15, -0.1) is 0 Å². The van der Waals surface area contributed by atoms with Crippen molar-refractivity contribution in [2.75, 3.05) is 0 Å². The predicted molar refractivity (Wildman–Crippen MR) is 111 cm³/mol. The fraction of sp³-hybridized carbons (Fsp3) is 0.167. The van der Waals surface area contributed by atoms with Crippen LogP contribution in [-0.4, -0.2) is 9.97 Å². The van der Waals surface area contributed by atoms with Gasteiger partial charge in [-0.1, -0.05) is 35.4 Å². The smallest absolute Gasteiger partial charge is 0.0979 e. The van der Waals surface area contributed by atoms with Crippen molar-refractivity contribution in [3.8, 4) is 0 Å². The molecule has 0 N–H and O–H groups in total. The summed E-state index contributed by atoms with van der Waals surface area (Å²) in [6.45, 7) is 8.53. The first-order chi connectivity index (χ1) is 12.5. The largest absolute Gasteiger partial charge is 0.244 e. The van der Waals surface area contributed by atoms with E-state index in [1.54, 1.807) is 0 Å². The highest BCUT2D eigenvalue weighted by Crippen LogP contribution is 2.35. The molecule has 1 heterocycles. The summed E-state index contributed by atoms with van der Waals surface area (Å²) < 4.78 is 0. The molecule has 126 valence electrons. The van der Waals surface area contributed by atoms with Crippen LogP contribution in [0, 0.1) is 27.7 Å². The van der Waals surface area contributed by atoms with E-state index in [0.717, 1.165) is 22.1 Å². The van der Waals surface area contributed by atoms with Gasteiger partial charge in [0.1, 0.15) is 0 Å². The fourth-order valence-corrected chi connectivity index (χ4v) is 3.86.